The lowest BCUT2D eigenvalue weighted by Crippen LogP contribution is -2.36. The van der Waals surface area contributed by atoms with Crippen molar-refractivity contribution in [3.63, 3.8) is 0 Å². The lowest BCUT2D eigenvalue weighted by Gasteiger charge is -2.08. The number of carbonyl (C=O) groups is 1. The second-order valence-corrected chi connectivity index (χ2v) is 3.55. The molecule has 14 heavy (non-hydrogen) atoms. The Bertz CT molecular complexity index is 310. The van der Waals surface area contributed by atoms with E-state index < -0.39 is 0 Å². The third kappa shape index (κ3) is 1.93. The molecule has 2 rings (SSSR count). The van der Waals surface area contributed by atoms with Gasteiger partial charge in [-0.15, -0.1) is 0 Å². The van der Waals surface area contributed by atoms with Crippen molar-refractivity contribution in [2.75, 3.05) is 6.54 Å². The summed E-state index contributed by atoms with van der Waals surface area (Å²) in [6.45, 7) is 2.91. The minimum Gasteiger partial charge on any atom is -0.441 e. The highest BCUT2D eigenvalue weighted by atomic mass is 16.3. The predicted octanol–water partition coefficient (Wildman–Crippen LogP) is 0.155. The molecule has 1 saturated heterocycles. The van der Waals surface area contributed by atoms with Crippen LogP contribution in [-0.4, -0.2) is 29.5 Å². The normalized spacial score (nSPS) is 26.4. The van der Waals surface area contributed by atoms with E-state index in [2.05, 4.69) is 22.5 Å². The fourth-order valence-electron chi connectivity index (χ4n) is 1.63. The Balaban J connectivity index is 1.89. The number of rotatable bonds is 2. The van der Waals surface area contributed by atoms with Crippen LogP contribution in [0.2, 0.25) is 0 Å². The molecule has 5 heteroatoms. The molecule has 0 aromatic carbocycles. The van der Waals surface area contributed by atoms with E-state index in [0.29, 0.717) is 6.04 Å². The summed E-state index contributed by atoms with van der Waals surface area (Å²) in [7, 11) is 0. The molecule has 76 valence electrons. The van der Waals surface area contributed by atoms with Gasteiger partial charge in [0.25, 0.3) is 5.89 Å². The Morgan fingerprint density at radius 2 is 2.64 bits per heavy atom. The maximum absolute atomic E-state index is 11.5. The van der Waals surface area contributed by atoms with Gasteiger partial charge < -0.3 is 15.1 Å². The van der Waals surface area contributed by atoms with Crippen molar-refractivity contribution < 1.29 is 9.21 Å². The predicted molar refractivity (Wildman–Crippen MR) is 49.8 cm³/mol. The lowest BCUT2D eigenvalue weighted by molar-refractivity contribution is 0.0904. The minimum absolute atomic E-state index is 0.129. The molecule has 2 N–H and O–H groups in total. The molecule has 0 aliphatic carbocycles. The zero-order chi connectivity index (χ0) is 9.97. The molecule has 1 fully saturated rings. The topological polar surface area (TPSA) is 67.2 Å². The Labute approximate surface area is 81.9 Å². The molecule has 1 aromatic rings. The van der Waals surface area contributed by atoms with Crippen LogP contribution in [0.5, 0.6) is 0 Å². The van der Waals surface area contributed by atoms with Gasteiger partial charge in [0.1, 0.15) is 6.26 Å². The van der Waals surface area contributed by atoms with E-state index in [1.165, 1.54) is 12.5 Å². The molecule has 2 atom stereocenters. The minimum atomic E-state index is -0.240. The van der Waals surface area contributed by atoms with Gasteiger partial charge in [-0.3, -0.25) is 4.79 Å². The number of nitrogens with one attached hydrogen (secondary N) is 2. The maximum atomic E-state index is 11.5. The van der Waals surface area contributed by atoms with Gasteiger partial charge >= 0.3 is 5.91 Å². The Kier molecular flexibility index (Phi) is 2.49. The summed E-state index contributed by atoms with van der Waals surface area (Å²) in [6.07, 6.45) is 3.81. The average molecular weight is 195 g/mol. The average Bonchev–Trinajstić information content (AvgIpc) is 2.75. The standard InChI is InChI=1S/C9H13N3O2/c1-6-4-7(5-11-6)12-8(13)9-10-2-3-14-9/h2-3,6-7,11H,4-5H2,1H3,(H,12,13)/t6-,7-/m1/s1. The zero-order valence-corrected chi connectivity index (χ0v) is 7.99. The third-order valence-corrected chi connectivity index (χ3v) is 2.31. The third-order valence-electron chi connectivity index (χ3n) is 2.31. The van der Waals surface area contributed by atoms with Crippen molar-refractivity contribution in [3.05, 3.63) is 18.4 Å². The van der Waals surface area contributed by atoms with Crippen LogP contribution in [0.15, 0.2) is 16.9 Å². The highest BCUT2D eigenvalue weighted by molar-refractivity contribution is 5.89. The second kappa shape index (κ2) is 3.79. The van der Waals surface area contributed by atoms with Crippen LogP contribution in [0.4, 0.5) is 0 Å². The number of hydrogen-bond acceptors (Lipinski definition) is 4. The highest BCUT2D eigenvalue weighted by Gasteiger charge is 2.23. The quantitative estimate of drug-likeness (QED) is 0.705. The van der Waals surface area contributed by atoms with Crippen LogP contribution in [0.3, 0.4) is 0 Å². The number of amides is 1. The first-order valence-corrected chi connectivity index (χ1v) is 4.69. The zero-order valence-electron chi connectivity index (χ0n) is 7.99. The first-order chi connectivity index (χ1) is 6.75. The first-order valence-electron chi connectivity index (χ1n) is 4.69. The summed E-state index contributed by atoms with van der Waals surface area (Å²) >= 11 is 0. The van der Waals surface area contributed by atoms with Crippen molar-refractivity contribution in [2.45, 2.75) is 25.4 Å². The molecule has 0 radical (unpaired) electrons. The van der Waals surface area contributed by atoms with E-state index >= 15 is 0 Å². The van der Waals surface area contributed by atoms with Crippen molar-refractivity contribution in [2.24, 2.45) is 0 Å². The van der Waals surface area contributed by atoms with Crippen LogP contribution in [-0.2, 0) is 0 Å². The van der Waals surface area contributed by atoms with E-state index in [4.69, 9.17) is 4.42 Å². The van der Waals surface area contributed by atoms with Crippen LogP contribution in [0, 0.1) is 0 Å². The fraction of sp³-hybridized carbons (Fsp3) is 0.556. The van der Waals surface area contributed by atoms with Crippen molar-refractivity contribution >= 4 is 5.91 Å². The molecule has 0 spiro atoms. The van der Waals surface area contributed by atoms with E-state index in [9.17, 15) is 4.79 Å². The summed E-state index contributed by atoms with van der Waals surface area (Å²) < 4.78 is 4.89. The molecule has 1 amide bonds. The van der Waals surface area contributed by atoms with Gasteiger partial charge in [0.05, 0.1) is 6.20 Å². The number of carbonyl (C=O) groups excluding carboxylic acids is 1. The van der Waals surface area contributed by atoms with E-state index in [1.807, 2.05) is 0 Å². The molecule has 1 aliphatic heterocycles. The number of aromatic nitrogens is 1. The summed E-state index contributed by atoms with van der Waals surface area (Å²) in [4.78, 5) is 15.3. The van der Waals surface area contributed by atoms with E-state index in [-0.39, 0.29) is 17.8 Å². The molecule has 1 aromatic heterocycles. The smallest absolute Gasteiger partial charge is 0.307 e. The van der Waals surface area contributed by atoms with Gasteiger partial charge in [-0.1, -0.05) is 0 Å². The summed E-state index contributed by atoms with van der Waals surface area (Å²) in [5.74, 6) is -0.111. The summed E-state index contributed by atoms with van der Waals surface area (Å²) in [6, 6.07) is 0.647. The molecule has 5 nitrogen and oxygen atoms in total. The molecule has 1 aliphatic rings. The SMILES string of the molecule is C[C@@H]1C[C@@H](NC(=O)c2ncco2)CN1. The largest absolute Gasteiger partial charge is 0.441 e. The summed E-state index contributed by atoms with van der Waals surface area (Å²) in [5.41, 5.74) is 0. The molecule has 0 unspecified atom stereocenters. The van der Waals surface area contributed by atoms with Gasteiger partial charge in [-0.25, -0.2) is 4.98 Å². The number of hydrogen-bond donors (Lipinski definition) is 2. The van der Waals surface area contributed by atoms with Gasteiger partial charge in [-0.2, -0.15) is 0 Å². The van der Waals surface area contributed by atoms with Crippen molar-refractivity contribution in [1.29, 1.82) is 0 Å². The maximum Gasteiger partial charge on any atom is 0.307 e. The summed E-state index contributed by atoms with van der Waals surface area (Å²) in [5, 5.41) is 6.11. The van der Waals surface area contributed by atoms with E-state index in [0.717, 1.165) is 13.0 Å². The molecule has 0 bridgehead atoms. The van der Waals surface area contributed by atoms with Crippen molar-refractivity contribution in [3.8, 4) is 0 Å². The first kappa shape index (κ1) is 9.21. The second-order valence-electron chi connectivity index (χ2n) is 3.55. The molecular formula is C9H13N3O2. The van der Waals surface area contributed by atoms with E-state index in [1.54, 1.807) is 0 Å². The molecular weight excluding hydrogens is 182 g/mol. The van der Waals surface area contributed by atoms with Crippen LogP contribution in [0.25, 0.3) is 0 Å². The van der Waals surface area contributed by atoms with Gasteiger partial charge in [0.2, 0.25) is 0 Å². The molecule has 2 heterocycles. The Morgan fingerprint density at radius 1 is 1.79 bits per heavy atom. The number of oxazole rings is 1. The van der Waals surface area contributed by atoms with Gasteiger partial charge in [0, 0.05) is 18.6 Å². The highest BCUT2D eigenvalue weighted by Crippen LogP contribution is 2.06. The lowest BCUT2D eigenvalue weighted by atomic mass is 10.2. The monoisotopic (exact) mass is 195 g/mol. The van der Waals surface area contributed by atoms with Gasteiger partial charge in [0.15, 0.2) is 0 Å². The van der Waals surface area contributed by atoms with Crippen LogP contribution in [0.1, 0.15) is 24.0 Å². The van der Waals surface area contributed by atoms with Gasteiger partial charge in [-0.05, 0) is 13.3 Å². The Morgan fingerprint density at radius 3 is 3.21 bits per heavy atom. The fourth-order valence-corrected chi connectivity index (χ4v) is 1.63. The Hall–Kier alpha value is -1.36. The molecule has 0 saturated carbocycles. The van der Waals surface area contributed by atoms with Crippen LogP contribution < -0.4 is 10.6 Å². The van der Waals surface area contributed by atoms with Crippen LogP contribution >= 0.6 is 0 Å². The van der Waals surface area contributed by atoms with Crippen molar-refractivity contribution in [1.82, 2.24) is 15.6 Å². The number of nitrogens with zero attached hydrogens (tertiary/aromatic N) is 1.